The molecule has 0 heterocycles. The Kier molecular flexibility index (Phi) is 7.27. The molecule has 0 radical (unpaired) electrons. The number of Topliss-reactive ketones (excluding diaryl/α,β-unsaturated/α-hetero) is 1. The molecule has 14 heavy (non-hydrogen) atoms. The van der Waals surface area contributed by atoms with Gasteiger partial charge >= 0.3 is 5.97 Å². The number of carbonyl (C=O) groups is 2. The molecule has 0 aliphatic heterocycles. The maximum absolute atomic E-state index is 11.2. The number of rotatable bonds is 8. The minimum atomic E-state index is -1.06. The predicted molar refractivity (Wildman–Crippen MR) is 54.1 cm³/mol. The van der Waals surface area contributed by atoms with Crippen LogP contribution in [0.4, 0.5) is 0 Å². The Morgan fingerprint density at radius 3 is 2.71 bits per heavy atom. The summed E-state index contributed by atoms with van der Waals surface area (Å²) in [5, 5.41) is 8.59. The minimum Gasteiger partial charge on any atom is -0.481 e. The number of carboxylic acid groups (broad SMARTS) is 1. The lowest BCUT2D eigenvalue weighted by Gasteiger charge is -2.13. The van der Waals surface area contributed by atoms with Gasteiger partial charge in [-0.15, -0.1) is 6.58 Å². The highest BCUT2D eigenvalue weighted by molar-refractivity contribution is 9.09. The maximum atomic E-state index is 11.2. The van der Waals surface area contributed by atoms with Crippen molar-refractivity contribution in [2.75, 3.05) is 11.9 Å². The number of ketones is 1. The largest absolute Gasteiger partial charge is 0.481 e. The van der Waals surface area contributed by atoms with Gasteiger partial charge in [-0.25, -0.2) is 0 Å². The van der Waals surface area contributed by atoms with Crippen LogP contribution in [0.2, 0.25) is 0 Å². The van der Waals surface area contributed by atoms with Crippen molar-refractivity contribution in [3.63, 3.8) is 0 Å². The third-order valence-corrected chi connectivity index (χ3v) is 1.88. The Bertz CT molecular complexity index is 219. The summed E-state index contributed by atoms with van der Waals surface area (Å²) in [6.07, 6.45) is 1.19. The highest BCUT2D eigenvalue weighted by atomic mass is 79.9. The number of nitrogens with one attached hydrogen (secondary N) is 1. The highest BCUT2D eigenvalue weighted by Crippen LogP contribution is 1.97. The van der Waals surface area contributed by atoms with Crippen molar-refractivity contribution in [2.45, 2.75) is 12.5 Å². The van der Waals surface area contributed by atoms with Crippen molar-refractivity contribution < 1.29 is 19.5 Å². The Hall–Kier alpha value is -0.720. The van der Waals surface area contributed by atoms with E-state index in [0.717, 1.165) is 0 Å². The quantitative estimate of drug-likeness (QED) is 0.289. The molecule has 0 aliphatic rings. The van der Waals surface area contributed by atoms with Gasteiger partial charge in [0.15, 0.2) is 5.78 Å². The zero-order valence-electron chi connectivity index (χ0n) is 7.53. The van der Waals surface area contributed by atoms with Crippen molar-refractivity contribution in [1.82, 2.24) is 5.48 Å². The number of hydrogen-bond donors (Lipinski definition) is 2. The summed E-state index contributed by atoms with van der Waals surface area (Å²) in [6, 6.07) is -0.827. The molecule has 2 N–H and O–H groups in total. The predicted octanol–water partition coefficient (Wildman–Crippen LogP) is 0.501. The summed E-state index contributed by atoms with van der Waals surface area (Å²) in [7, 11) is 0. The molecule has 0 saturated carbocycles. The molecule has 0 amide bonds. The topological polar surface area (TPSA) is 75.6 Å². The van der Waals surface area contributed by atoms with Crippen LogP contribution in [0.3, 0.4) is 0 Å². The number of halogens is 1. The van der Waals surface area contributed by atoms with Crippen molar-refractivity contribution in [3.8, 4) is 0 Å². The fraction of sp³-hybridized carbons (Fsp3) is 0.500. The van der Waals surface area contributed by atoms with E-state index in [2.05, 4.69) is 28.0 Å². The van der Waals surface area contributed by atoms with Gasteiger partial charge in [-0.2, -0.15) is 5.48 Å². The third-order valence-electron chi connectivity index (χ3n) is 1.33. The molecule has 1 atom stereocenters. The number of hydrogen-bond acceptors (Lipinski definition) is 4. The smallest absolute Gasteiger partial charge is 0.305 e. The second kappa shape index (κ2) is 7.66. The Morgan fingerprint density at radius 2 is 2.29 bits per heavy atom. The van der Waals surface area contributed by atoms with E-state index in [-0.39, 0.29) is 24.1 Å². The fourth-order valence-electron chi connectivity index (χ4n) is 0.697. The molecule has 0 saturated heterocycles. The van der Waals surface area contributed by atoms with Crippen LogP contribution in [0.15, 0.2) is 12.7 Å². The summed E-state index contributed by atoms with van der Waals surface area (Å²) in [6.45, 7) is 3.62. The van der Waals surface area contributed by atoms with Gasteiger partial charge in [0.05, 0.1) is 18.4 Å². The summed E-state index contributed by atoms with van der Waals surface area (Å²) in [4.78, 5) is 26.3. The number of carbonyl (C=O) groups excluding carboxylic acids is 1. The van der Waals surface area contributed by atoms with E-state index in [1.165, 1.54) is 6.08 Å². The zero-order valence-corrected chi connectivity index (χ0v) is 9.12. The van der Waals surface area contributed by atoms with Gasteiger partial charge < -0.3 is 5.11 Å². The van der Waals surface area contributed by atoms with Gasteiger partial charge in [0.1, 0.15) is 6.04 Å². The summed E-state index contributed by atoms with van der Waals surface area (Å²) >= 11 is 2.96. The zero-order chi connectivity index (χ0) is 11.0. The van der Waals surface area contributed by atoms with Gasteiger partial charge in [-0.05, 0) is 0 Å². The average molecular weight is 266 g/mol. The molecule has 6 heteroatoms. The highest BCUT2D eigenvalue weighted by Gasteiger charge is 2.20. The van der Waals surface area contributed by atoms with Gasteiger partial charge in [0, 0.05) is 0 Å². The monoisotopic (exact) mass is 265 g/mol. The lowest BCUT2D eigenvalue weighted by atomic mass is 10.1. The Morgan fingerprint density at radius 1 is 1.64 bits per heavy atom. The minimum absolute atomic E-state index is 0.0927. The van der Waals surface area contributed by atoms with Crippen LogP contribution in [-0.4, -0.2) is 34.8 Å². The molecule has 0 aliphatic carbocycles. The third kappa shape index (κ3) is 5.85. The Balaban J connectivity index is 4.03. The van der Waals surface area contributed by atoms with Crippen LogP contribution in [-0.2, 0) is 14.4 Å². The molecule has 80 valence electrons. The van der Waals surface area contributed by atoms with Crippen molar-refractivity contribution in [1.29, 1.82) is 0 Å². The van der Waals surface area contributed by atoms with Crippen LogP contribution in [0.5, 0.6) is 0 Å². The molecular weight excluding hydrogens is 254 g/mol. The molecule has 0 rings (SSSR count). The first kappa shape index (κ1) is 13.3. The van der Waals surface area contributed by atoms with Gasteiger partial charge in [0.25, 0.3) is 0 Å². The number of aliphatic carboxylic acids is 1. The van der Waals surface area contributed by atoms with E-state index in [4.69, 9.17) is 9.94 Å². The van der Waals surface area contributed by atoms with E-state index in [0.29, 0.717) is 0 Å². The van der Waals surface area contributed by atoms with Crippen LogP contribution in [0.25, 0.3) is 0 Å². The van der Waals surface area contributed by atoms with E-state index in [1.54, 1.807) is 0 Å². The molecule has 0 bridgehead atoms. The fourth-order valence-corrected chi connectivity index (χ4v) is 1.09. The van der Waals surface area contributed by atoms with E-state index < -0.39 is 12.0 Å². The normalized spacial score (nSPS) is 12.1. The first-order valence-corrected chi connectivity index (χ1v) is 5.02. The Labute approximate surface area is 90.2 Å². The lowest BCUT2D eigenvalue weighted by molar-refractivity contribution is -0.141. The van der Waals surface area contributed by atoms with Gasteiger partial charge in [0.2, 0.25) is 0 Å². The van der Waals surface area contributed by atoms with E-state index in [1.807, 2.05) is 0 Å². The summed E-state index contributed by atoms with van der Waals surface area (Å²) < 4.78 is 0. The molecule has 1 unspecified atom stereocenters. The van der Waals surface area contributed by atoms with Crippen molar-refractivity contribution in [2.24, 2.45) is 0 Å². The summed E-state index contributed by atoms with van der Waals surface area (Å²) in [5.74, 6) is -1.32. The van der Waals surface area contributed by atoms with Gasteiger partial charge in [-0.3, -0.25) is 14.4 Å². The van der Waals surface area contributed by atoms with Crippen molar-refractivity contribution in [3.05, 3.63) is 12.7 Å². The standard InChI is InChI=1S/C8H12BrNO4/c1-2-3-14-10-6(4-8(12)13)7(11)5-9/h2,6,10H,1,3-5H2,(H,12,13). The van der Waals surface area contributed by atoms with Crippen LogP contribution in [0.1, 0.15) is 6.42 Å². The number of alkyl halides is 1. The maximum Gasteiger partial charge on any atom is 0.305 e. The molecular formula is C8H12BrNO4. The molecule has 5 nitrogen and oxygen atoms in total. The van der Waals surface area contributed by atoms with E-state index >= 15 is 0 Å². The second-order valence-corrected chi connectivity index (χ2v) is 3.03. The molecule has 0 aromatic rings. The SMILES string of the molecule is C=CCONC(CC(=O)O)C(=O)CBr. The number of carboxylic acids is 1. The van der Waals surface area contributed by atoms with Crippen molar-refractivity contribution >= 4 is 27.7 Å². The van der Waals surface area contributed by atoms with Crippen LogP contribution in [0, 0.1) is 0 Å². The van der Waals surface area contributed by atoms with Crippen LogP contribution < -0.4 is 5.48 Å². The number of hydroxylamine groups is 1. The molecule has 0 fully saturated rings. The molecule has 0 aromatic carbocycles. The summed E-state index contributed by atoms with van der Waals surface area (Å²) in [5.41, 5.74) is 2.37. The van der Waals surface area contributed by atoms with Gasteiger partial charge in [-0.1, -0.05) is 22.0 Å². The first-order valence-electron chi connectivity index (χ1n) is 3.90. The van der Waals surface area contributed by atoms with Crippen LogP contribution >= 0.6 is 15.9 Å². The average Bonchev–Trinajstić information content (AvgIpc) is 2.15. The first-order chi connectivity index (χ1) is 6.61. The molecule has 0 aromatic heterocycles. The van der Waals surface area contributed by atoms with E-state index in [9.17, 15) is 9.59 Å². The molecule has 0 spiro atoms. The lowest BCUT2D eigenvalue weighted by Crippen LogP contribution is -2.39. The second-order valence-electron chi connectivity index (χ2n) is 2.47.